The van der Waals surface area contributed by atoms with Crippen LogP contribution in [0.5, 0.6) is 11.8 Å². The number of nitrogens with zero attached hydrogens (tertiary/aromatic N) is 1. The van der Waals surface area contributed by atoms with Crippen molar-refractivity contribution in [2.24, 2.45) is 0 Å². The van der Waals surface area contributed by atoms with Crippen molar-refractivity contribution in [3.8, 4) is 11.8 Å². The summed E-state index contributed by atoms with van der Waals surface area (Å²) in [6.45, 7) is 0. The molecule has 3 heteroatoms. The Morgan fingerprint density at radius 3 is 2.75 bits per heavy atom. The monoisotopic (exact) mass is 165 g/mol. The van der Waals surface area contributed by atoms with Crippen LogP contribution in [-0.4, -0.2) is 15.2 Å². The number of aromatic nitrogens is 1. The maximum atomic E-state index is 9.37. The van der Waals surface area contributed by atoms with Crippen molar-refractivity contribution in [2.45, 2.75) is 25.7 Å². The Labute approximate surface area is 70.7 Å². The number of aryl methyl sites for hydroxylation is 1. The van der Waals surface area contributed by atoms with Gasteiger partial charge < -0.3 is 10.2 Å². The van der Waals surface area contributed by atoms with Crippen molar-refractivity contribution in [3.05, 3.63) is 17.2 Å². The lowest BCUT2D eigenvalue weighted by atomic mass is 9.93. The average molecular weight is 165 g/mol. The summed E-state index contributed by atoms with van der Waals surface area (Å²) in [6, 6.07) is 1.65. The largest absolute Gasteiger partial charge is 0.493 e. The summed E-state index contributed by atoms with van der Waals surface area (Å²) in [5, 5.41) is 18.5. The summed E-state index contributed by atoms with van der Waals surface area (Å²) in [7, 11) is 0. The van der Waals surface area contributed by atoms with Crippen molar-refractivity contribution < 1.29 is 10.2 Å². The molecule has 64 valence electrons. The smallest absolute Gasteiger partial charge is 0.217 e. The molecule has 2 rings (SSSR count). The standard InChI is InChI=1S/C9H11NO2/c11-8-5-6-3-1-2-4-7(6)9(12)10-8/h5H,1-4H2,(H2,10,11,12). The normalized spacial score (nSPS) is 15.7. The highest BCUT2D eigenvalue weighted by Crippen LogP contribution is 2.29. The lowest BCUT2D eigenvalue weighted by Crippen LogP contribution is -2.03. The second-order valence-electron chi connectivity index (χ2n) is 3.15. The van der Waals surface area contributed by atoms with E-state index in [9.17, 15) is 5.11 Å². The fraction of sp³-hybridized carbons (Fsp3) is 0.444. The van der Waals surface area contributed by atoms with Gasteiger partial charge in [0.1, 0.15) is 0 Å². The molecule has 1 aromatic rings. The van der Waals surface area contributed by atoms with Crippen LogP contribution in [0.3, 0.4) is 0 Å². The molecule has 0 unspecified atom stereocenters. The Balaban J connectivity index is 2.53. The second-order valence-corrected chi connectivity index (χ2v) is 3.15. The molecule has 0 bridgehead atoms. The first-order valence-electron chi connectivity index (χ1n) is 4.18. The Hall–Kier alpha value is -1.25. The van der Waals surface area contributed by atoms with Crippen LogP contribution in [0.1, 0.15) is 24.0 Å². The van der Waals surface area contributed by atoms with E-state index in [-0.39, 0.29) is 11.8 Å². The van der Waals surface area contributed by atoms with Crippen molar-refractivity contribution in [3.63, 3.8) is 0 Å². The van der Waals surface area contributed by atoms with Crippen LogP contribution in [0.15, 0.2) is 6.07 Å². The highest BCUT2D eigenvalue weighted by atomic mass is 16.3. The molecule has 1 heterocycles. The van der Waals surface area contributed by atoms with Crippen LogP contribution in [0.2, 0.25) is 0 Å². The summed E-state index contributed by atoms with van der Waals surface area (Å²) < 4.78 is 0. The molecule has 0 aliphatic heterocycles. The predicted octanol–water partition coefficient (Wildman–Crippen LogP) is 1.37. The molecular weight excluding hydrogens is 154 g/mol. The number of hydrogen-bond acceptors (Lipinski definition) is 3. The molecule has 0 saturated carbocycles. The van der Waals surface area contributed by atoms with Crippen molar-refractivity contribution in [2.75, 3.05) is 0 Å². The summed E-state index contributed by atoms with van der Waals surface area (Å²) >= 11 is 0. The van der Waals surface area contributed by atoms with Crippen LogP contribution in [-0.2, 0) is 12.8 Å². The summed E-state index contributed by atoms with van der Waals surface area (Å²) in [5.41, 5.74) is 1.96. The van der Waals surface area contributed by atoms with Crippen molar-refractivity contribution in [1.82, 2.24) is 4.98 Å². The Kier molecular flexibility index (Phi) is 1.64. The quantitative estimate of drug-likeness (QED) is 0.610. The Morgan fingerprint density at radius 2 is 1.92 bits per heavy atom. The SMILES string of the molecule is Oc1cc2c(c(O)n1)CCCC2. The number of aromatic hydroxyl groups is 2. The van der Waals surface area contributed by atoms with Gasteiger partial charge in [-0.15, -0.1) is 0 Å². The van der Waals surface area contributed by atoms with Crippen molar-refractivity contribution in [1.29, 1.82) is 0 Å². The third-order valence-corrected chi connectivity index (χ3v) is 2.30. The Morgan fingerprint density at radius 1 is 1.17 bits per heavy atom. The van der Waals surface area contributed by atoms with E-state index in [0.29, 0.717) is 0 Å². The molecule has 0 fully saturated rings. The first-order chi connectivity index (χ1) is 5.77. The van der Waals surface area contributed by atoms with Gasteiger partial charge in [-0.1, -0.05) is 0 Å². The van der Waals surface area contributed by atoms with Crippen LogP contribution in [0.25, 0.3) is 0 Å². The van der Waals surface area contributed by atoms with E-state index in [4.69, 9.17) is 5.11 Å². The van der Waals surface area contributed by atoms with Crippen LogP contribution in [0, 0.1) is 0 Å². The third-order valence-electron chi connectivity index (χ3n) is 2.30. The highest BCUT2D eigenvalue weighted by Gasteiger charge is 2.14. The molecule has 1 aromatic heterocycles. The van der Waals surface area contributed by atoms with Gasteiger partial charge in [0.15, 0.2) is 0 Å². The molecule has 0 amide bonds. The number of pyridine rings is 1. The lowest BCUT2D eigenvalue weighted by Gasteiger charge is -2.15. The van der Waals surface area contributed by atoms with E-state index in [1.54, 1.807) is 6.07 Å². The molecule has 0 radical (unpaired) electrons. The van der Waals surface area contributed by atoms with E-state index in [1.165, 1.54) is 0 Å². The van der Waals surface area contributed by atoms with Crippen molar-refractivity contribution >= 4 is 0 Å². The fourth-order valence-electron chi connectivity index (χ4n) is 1.71. The zero-order valence-corrected chi connectivity index (χ0v) is 6.75. The van der Waals surface area contributed by atoms with Gasteiger partial charge in [0, 0.05) is 11.6 Å². The van der Waals surface area contributed by atoms with E-state index in [2.05, 4.69) is 4.98 Å². The van der Waals surface area contributed by atoms with Gasteiger partial charge in [-0.3, -0.25) is 0 Å². The average Bonchev–Trinajstić information content (AvgIpc) is 2.04. The number of hydrogen-bond donors (Lipinski definition) is 2. The molecule has 12 heavy (non-hydrogen) atoms. The van der Waals surface area contributed by atoms with E-state index in [0.717, 1.165) is 36.8 Å². The van der Waals surface area contributed by atoms with Crippen LogP contribution in [0.4, 0.5) is 0 Å². The minimum atomic E-state index is -0.0758. The highest BCUT2D eigenvalue weighted by molar-refractivity contribution is 5.39. The zero-order valence-electron chi connectivity index (χ0n) is 6.75. The maximum Gasteiger partial charge on any atom is 0.217 e. The minimum Gasteiger partial charge on any atom is -0.493 e. The molecule has 0 aromatic carbocycles. The van der Waals surface area contributed by atoms with Crippen LogP contribution < -0.4 is 0 Å². The summed E-state index contributed by atoms with van der Waals surface area (Å²) in [4.78, 5) is 3.60. The maximum absolute atomic E-state index is 9.37. The first kappa shape index (κ1) is 7.40. The van der Waals surface area contributed by atoms with Gasteiger partial charge >= 0.3 is 0 Å². The third kappa shape index (κ3) is 1.11. The topological polar surface area (TPSA) is 53.4 Å². The van der Waals surface area contributed by atoms with Crippen LogP contribution >= 0.6 is 0 Å². The van der Waals surface area contributed by atoms with Gasteiger partial charge in [-0.2, -0.15) is 4.98 Å². The molecule has 0 spiro atoms. The second kappa shape index (κ2) is 2.66. The molecule has 2 N–H and O–H groups in total. The molecule has 0 saturated heterocycles. The number of rotatable bonds is 0. The molecule has 0 atom stereocenters. The Bertz CT molecular complexity index is 310. The van der Waals surface area contributed by atoms with E-state index < -0.39 is 0 Å². The predicted molar refractivity (Wildman–Crippen MR) is 44.2 cm³/mol. The molecule has 3 nitrogen and oxygen atoms in total. The van der Waals surface area contributed by atoms with Gasteiger partial charge in [-0.25, -0.2) is 0 Å². The van der Waals surface area contributed by atoms with Gasteiger partial charge in [0.2, 0.25) is 11.8 Å². The molecular formula is C9H11NO2. The molecule has 1 aliphatic carbocycles. The lowest BCUT2D eigenvalue weighted by molar-refractivity contribution is 0.403. The first-order valence-corrected chi connectivity index (χ1v) is 4.18. The van der Waals surface area contributed by atoms with Gasteiger partial charge in [0.25, 0.3) is 0 Å². The zero-order chi connectivity index (χ0) is 8.55. The fourth-order valence-corrected chi connectivity index (χ4v) is 1.71. The van der Waals surface area contributed by atoms with E-state index in [1.807, 2.05) is 0 Å². The van der Waals surface area contributed by atoms with Gasteiger partial charge in [0.05, 0.1) is 0 Å². The molecule has 1 aliphatic rings. The van der Waals surface area contributed by atoms with E-state index >= 15 is 0 Å². The summed E-state index contributed by atoms with van der Waals surface area (Å²) in [5.74, 6) is -0.0714. The number of fused-ring (bicyclic) bond motifs is 1. The minimum absolute atomic E-state index is 0.00435. The summed E-state index contributed by atoms with van der Waals surface area (Å²) in [6.07, 6.45) is 4.07. The van der Waals surface area contributed by atoms with Gasteiger partial charge in [-0.05, 0) is 31.2 Å².